The predicted molar refractivity (Wildman–Crippen MR) is 122 cm³/mol. The summed E-state index contributed by atoms with van der Waals surface area (Å²) in [6.45, 7) is 4.33. The fourth-order valence-corrected chi connectivity index (χ4v) is 3.75. The van der Waals surface area contributed by atoms with Crippen molar-refractivity contribution in [3.8, 4) is 11.4 Å². The Bertz CT molecular complexity index is 1140. The predicted octanol–water partition coefficient (Wildman–Crippen LogP) is 4.19. The van der Waals surface area contributed by atoms with Crippen LogP contribution in [0, 0.1) is 0 Å². The maximum atomic E-state index is 4.81. The van der Waals surface area contributed by atoms with Gasteiger partial charge in [-0.1, -0.05) is 12.1 Å². The van der Waals surface area contributed by atoms with Gasteiger partial charge in [0.2, 0.25) is 0 Å². The molecular weight excluding hydrogens is 372 g/mol. The van der Waals surface area contributed by atoms with Crippen LogP contribution in [0.5, 0.6) is 0 Å². The SMILES string of the molecule is CN1CCN(c2ccc(Nc3nc(-c4cccnc4)nc4ccccc34)cc2)CC1. The van der Waals surface area contributed by atoms with Gasteiger partial charge in [-0.25, -0.2) is 9.97 Å². The summed E-state index contributed by atoms with van der Waals surface area (Å²) in [5, 5.41) is 4.49. The van der Waals surface area contributed by atoms with Gasteiger partial charge in [0.1, 0.15) is 5.82 Å². The summed E-state index contributed by atoms with van der Waals surface area (Å²) in [7, 11) is 2.18. The molecule has 6 heteroatoms. The van der Waals surface area contributed by atoms with Crippen molar-refractivity contribution in [2.24, 2.45) is 0 Å². The maximum Gasteiger partial charge on any atom is 0.163 e. The van der Waals surface area contributed by atoms with Gasteiger partial charge in [0.05, 0.1) is 5.52 Å². The van der Waals surface area contributed by atoms with E-state index < -0.39 is 0 Å². The van der Waals surface area contributed by atoms with Crippen molar-refractivity contribution >= 4 is 28.1 Å². The Hall–Kier alpha value is -3.51. The Morgan fingerprint density at radius 3 is 2.40 bits per heavy atom. The molecule has 5 rings (SSSR count). The molecule has 0 unspecified atom stereocenters. The second-order valence-corrected chi connectivity index (χ2v) is 7.62. The number of benzene rings is 2. The highest BCUT2D eigenvalue weighted by molar-refractivity contribution is 5.92. The second-order valence-electron chi connectivity index (χ2n) is 7.62. The number of rotatable bonds is 4. The van der Waals surface area contributed by atoms with Gasteiger partial charge in [-0.05, 0) is 55.6 Å². The standard InChI is InChI=1S/C24H24N6/c1-29-13-15-30(16-14-29)20-10-8-19(9-11-20)26-24-21-6-2-3-7-22(21)27-23(28-24)18-5-4-12-25-17-18/h2-12,17H,13-16H2,1H3,(H,26,27,28). The van der Waals surface area contributed by atoms with E-state index in [2.05, 4.69) is 51.4 Å². The average Bonchev–Trinajstić information content (AvgIpc) is 2.81. The van der Waals surface area contributed by atoms with E-state index in [1.807, 2.05) is 36.4 Å². The molecular formula is C24H24N6. The van der Waals surface area contributed by atoms with Crippen LogP contribution in [0.3, 0.4) is 0 Å². The number of para-hydroxylation sites is 1. The van der Waals surface area contributed by atoms with Crippen LogP contribution in [0.2, 0.25) is 0 Å². The monoisotopic (exact) mass is 396 g/mol. The minimum Gasteiger partial charge on any atom is -0.369 e. The number of hydrogen-bond acceptors (Lipinski definition) is 6. The van der Waals surface area contributed by atoms with Gasteiger partial charge in [0.15, 0.2) is 5.82 Å². The summed E-state index contributed by atoms with van der Waals surface area (Å²) in [6.07, 6.45) is 3.55. The van der Waals surface area contributed by atoms with Crippen LogP contribution < -0.4 is 10.2 Å². The zero-order valence-electron chi connectivity index (χ0n) is 17.0. The Balaban J connectivity index is 1.45. The molecule has 6 nitrogen and oxygen atoms in total. The van der Waals surface area contributed by atoms with Crippen molar-refractivity contribution in [2.75, 3.05) is 43.4 Å². The van der Waals surface area contributed by atoms with E-state index in [1.54, 1.807) is 12.4 Å². The van der Waals surface area contributed by atoms with Crippen molar-refractivity contribution in [1.82, 2.24) is 19.9 Å². The first-order chi connectivity index (χ1) is 14.8. The number of pyridine rings is 1. The third-order valence-electron chi connectivity index (χ3n) is 5.52. The quantitative estimate of drug-likeness (QED) is 0.558. The third-order valence-corrected chi connectivity index (χ3v) is 5.52. The van der Waals surface area contributed by atoms with Crippen LogP contribution in [-0.2, 0) is 0 Å². The van der Waals surface area contributed by atoms with Crippen LogP contribution >= 0.6 is 0 Å². The van der Waals surface area contributed by atoms with Gasteiger partial charge in [-0.2, -0.15) is 0 Å². The van der Waals surface area contributed by atoms with Crippen LogP contribution in [0.1, 0.15) is 0 Å². The van der Waals surface area contributed by atoms with Gasteiger partial charge in [0.25, 0.3) is 0 Å². The van der Waals surface area contributed by atoms with Crippen molar-refractivity contribution in [3.63, 3.8) is 0 Å². The van der Waals surface area contributed by atoms with Crippen LogP contribution in [0.4, 0.5) is 17.2 Å². The van der Waals surface area contributed by atoms with E-state index in [0.29, 0.717) is 5.82 Å². The van der Waals surface area contributed by atoms with E-state index in [1.165, 1.54) is 5.69 Å². The molecule has 150 valence electrons. The molecule has 3 heterocycles. The van der Waals surface area contributed by atoms with Gasteiger partial charge in [-0.3, -0.25) is 4.98 Å². The lowest BCUT2D eigenvalue weighted by Crippen LogP contribution is -2.44. The van der Waals surface area contributed by atoms with E-state index in [4.69, 9.17) is 9.97 Å². The first-order valence-electron chi connectivity index (χ1n) is 10.2. The lowest BCUT2D eigenvalue weighted by molar-refractivity contribution is 0.313. The van der Waals surface area contributed by atoms with E-state index in [9.17, 15) is 0 Å². The second kappa shape index (κ2) is 8.08. The summed E-state index contributed by atoms with van der Waals surface area (Å²) >= 11 is 0. The van der Waals surface area contributed by atoms with Gasteiger partial charge >= 0.3 is 0 Å². The Morgan fingerprint density at radius 2 is 1.63 bits per heavy atom. The molecule has 0 radical (unpaired) electrons. The highest BCUT2D eigenvalue weighted by Crippen LogP contribution is 2.28. The van der Waals surface area contributed by atoms with Crippen molar-refractivity contribution in [2.45, 2.75) is 0 Å². The van der Waals surface area contributed by atoms with E-state index in [-0.39, 0.29) is 0 Å². The number of hydrogen-bond donors (Lipinski definition) is 1. The van der Waals surface area contributed by atoms with Crippen LogP contribution in [-0.4, -0.2) is 53.1 Å². The molecule has 1 aliphatic heterocycles. The number of anilines is 3. The summed E-state index contributed by atoms with van der Waals surface area (Å²) in [4.78, 5) is 18.5. The molecule has 0 aliphatic carbocycles. The van der Waals surface area contributed by atoms with Crippen molar-refractivity contribution in [3.05, 3.63) is 73.1 Å². The Kier molecular flexibility index (Phi) is 4.99. The molecule has 2 aromatic heterocycles. The molecule has 0 amide bonds. The molecule has 0 saturated carbocycles. The number of likely N-dealkylation sites (N-methyl/N-ethyl adjacent to an activating group) is 1. The summed E-state index contributed by atoms with van der Waals surface area (Å²) in [6, 6.07) is 20.5. The summed E-state index contributed by atoms with van der Waals surface area (Å²) in [5.74, 6) is 1.46. The number of fused-ring (bicyclic) bond motifs is 1. The van der Waals surface area contributed by atoms with Gasteiger partial charge < -0.3 is 15.1 Å². The van der Waals surface area contributed by atoms with Crippen LogP contribution in [0.25, 0.3) is 22.3 Å². The summed E-state index contributed by atoms with van der Waals surface area (Å²) in [5.41, 5.74) is 4.07. The normalized spacial score (nSPS) is 14.8. The lowest BCUT2D eigenvalue weighted by atomic mass is 10.2. The third kappa shape index (κ3) is 3.82. The molecule has 2 aromatic carbocycles. The lowest BCUT2D eigenvalue weighted by Gasteiger charge is -2.34. The maximum absolute atomic E-state index is 4.81. The largest absolute Gasteiger partial charge is 0.369 e. The molecule has 1 aliphatic rings. The number of piperazine rings is 1. The average molecular weight is 396 g/mol. The molecule has 1 fully saturated rings. The highest BCUT2D eigenvalue weighted by atomic mass is 15.2. The molecule has 1 N–H and O–H groups in total. The summed E-state index contributed by atoms with van der Waals surface area (Å²) < 4.78 is 0. The number of nitrogens with zero attached hydrogens (tertiary/aromatic N) is 5. The zero-order valence-corrected chi connectivity index (χ0v) is 17.0. The number of aromatic nitrogens is 3. The topological polar surface area (TPSA) is 57.2 Å². The van der Waals surface area contributed by atoms with Gasteiger partial charge in [0, 0.05) is 60.9 Å². The van der Waals surface area contributed by atoms with Crippen LogP contribution in [0.15, 0.2) is 73.1 Å². The van der Waals surface area contributed by atoms with Crippen molar-refractivity contribution in [1.29, 1.82) is 0 Å². The molecule has 30 heavy (non-hydrogen) atoms. The highest BCUT2D eigenvalue weighted by Gasteiger charge is 2.14. The zero-order chi connectivity index (χ0) is 20.3. The molecule has 4 aromatic rings. The Labute approximate surface area is 176 Å². The first-order valence-corrected chi connectivity index (χ1v) is 10.2. The number of nitrogens with one attached hydrogen (secondary N) is 1. The smallest absolute Gasteiger partial charge is 0.163 e. The fraction of sp³-hybridized carbons (Fsp3) is 0.208. The first kappa shape index (κ1) is 18.5. The van der Waals surface area contributed by atoms with Gasteiger partial charge in [-0.15, -0.1) is 0 Å². The fourth-order valence-electron chi connectivity index (χ4n) is 3.75. The molecule has 1 saturated heterocycles. The Morgan fingerprint density at radius 1 is 0.833 bits per heavy atom. The van der Waals surface area contributed by atoms with E-state index >= 15 is 0 Å². The molecule has 0 spiro atoms. The van der Waals surface area contributed by atoms with Crippen molar-refractivity contribution < 1.29 is 0 Å². The minimum absolute atomic E-state index is 0.665. The molecule has 0 bridgehead atoms. The van der Waals surface area contributed by atoms with E-state index in [0.717, 1.165) is 54.2 Å². The minimum atomic E-state index is 0.665. The molecule has 0 atom stereocenters.